The van der Waals surface area contributed by atoms with Crippen molar-refractivity contribution in [3.05, 3.63) is 0 Å². The molecule has 3 amide bonds. The molecule has 0 aromatic carbocycles. The minimum atomic E-state index is -1.26. The molecule has 5 unspecified atom stereocenters. The van der Waals surface area contributed by atoms with Crippen LogP contribution in [0.2, 0.25) is 0 Å². The Bertz CT molecular complexity index is 685. The summed E-state index contributed by atoms with van der Waals surface area (Å²) in [5.41, 5.74) is 16.1. The third-order valence-electron chi connectivity index (χ3n) is 4.45. The second kappa shape index (κ2) is 14.5. The number of nitrogens with two attached hydrogens (primary N) is 3. The van der Waals surface area contributed by atoms with Gasteiger partial charge in [-0.15, -0.1) is 0 Å². The average molecular weight is 478 g/mol. The Morgan fingerprint density at radius 2 is 1.50 bits per heavy atom. The highest BCUT2D eigenvalue weighted by Crippen LogP contribution is 2.06. The van der Waals surface area contributed by atoms with Crippen molar-refractivity contribution in [1.29, 1.82) is 0 Å². The molecule has 0 saturated heterocycles. The zero-order valence-electron chi connectivity index (χ0n) is 18.4. The van der Waals surface area contributed by atoms with Gasteiger partial charge in [0, 0.05) is 12.3 Å². The van der Waals surface area contributed by atoms with E-state index in [0.717, 1.165) is 0 Å². The Morgan fingerprint density at radius 1 is 0.969 bits per heavy atom. The van der Waals surface area contributed by atoms with Crippen molar-refractivity contribution in [2.24, 2.45) is 28.1 Å². The molecule has 13 nitrogen and oxygen atoms in total. The average Bonchev–Trinajstić information content (AvgIpc) is 2.70. The van der Waals surface area contributed by atoms with E-state index in [1.165, 1.54) is 6.92 Å². The fourth-order valence-corrected chi connectivity index (χ4v) is 2.75. The predicted octanol–water partition coefficient (Wildman–Crippen LogP) is -3.13. The number of nitrogens with zero attached hydrogens (tertiary/aromatic N) is 1. The Kier molecular flexibility index (Phi) is 13.3. The molecular weight excluding hydrogens is 442 g/mol. The van der Waals surface area contributed by atoms with E-state index in [2.05, 4.69) is 33.6 Å². The molecule has 5 atom stereocenters. The van der Waals surface area contributed by atoms with E-state index in [1.54, 1.807) is 13.8 Å². The highest BCUT2D eigenvalue weighted by molar-refractivity contribution is 7.80. The number of aliphatic hydroxyl groups is 1. The Labute approximate surface area is 192 Å². The smallest absolute Gasteiger partial charge is 0.326 e. The summed E-state index contributed by atoms with van der Waals surface area (Å²) in [5, 5.41) is 26.0. The van der Waals surface area contributed by atoms with Crippen LogP contribution in [0.3, 0.4) is 0 Å². The van der Waals surface area contributed by atoms with Crippen molar-refractivity contribution >= 4 is 42.3 Å². The highest BCUT2D eigenvalue weighted by atomic mass is 32.1. The minimum Gasteiger partial charge on any atom is -0.480 e. The van der Waals surface area contributed by atoms with Crippen molar-refractivity contribution < 1.29 is 29.4 Å². The van der Waals surface area contributed by atoms with Gasteiger partial charge in [-0.05, 0) is 25.7 Å². The first-order chi connectivity index (χ1) is 14.8. The van der Waals surface area contributed by atoms with Gasteiger partial charge in [-0.1, -0.05) is 13.8 Å². The molecule has 0 aromatic rings. The normalized spacial score (nSPS) is 15.6. The van der Waals surface area contributed by atoms with Crippen LogP contribution in [0.4, 0.5) is 0 Å². The number of rotatable bonds is 14. The number of aliphatic imine (C=N–C) groups is 1. The van der Waals surface area contributed by atoms with E-state index in [1.807, 2.05) is 0 Å². The van der Waals surface area contributed by atoms with Crippen molar-refractivity contribution in [1.82, 2.24) is 16.0 Å². The SMILES string of the molecule is CC(C)C(NC(=O)C(CCCN=C(N)N)NC(=O)C(CS)NC(=O)C(N)C(C)O)C(=O)O. The van der Waals surface area contributed by atoms with Gasteiger partial charge in [0.05, 0.1) is 6.10 Å². The number of hydrogen-bond donors (Lipinski definition) is 9. The lowest BCUT2D eigenvalue weighted by molar-refractivity contribution is -0.143. The number of carboxylic acid groups (broad SMARTS) is 1. The summed E-state index contributed by atoms with van der Waals surface area (Å²) in [7, 11) is 0. The first-order valence-electron chi connectivity index (χ1n) is 10.1. The summed E-state index contributed by atoms with van der Waals surface area (Å²) < 4.78 is 0. The molecule has 0 heterocycles. The molecule has 11 N–H and O–H groups in total. The highest BCUT2D eigenvalue weighted by Gasteiger charge is 2.31. The van der Waals surface area contributed by atoms with Gasteiger partial charge in [-0.3, -0.25) is 19.4 Å². The lowest BCUT2D eigenvalue weighted by Crippen LogP contribution is -2.59. The van der Waals surface area contributed by atoms with Crippen molar-refractivity contribution in [3.63, 3.8) is 0 Å². The molecule has 0 rings (SSSR count). The third kappa shape index (κ3) is 10.6. The topological polar surface area (TPSA) is 235 Å². The first-order valence-corrected chi connectivity index (χ1v) is 10.7. The van der Waals surface area contributed by atoms with E-state index >= 15 is 0 Å². The van der Waals surface area contributed by atoms with Crippen LogP contribution in [0.25, 0.3) is 0 Å². The van der Waals surface area contributed by atoms with Crippen LogP contribution in [0, 0.1) is 5.92 Å². The number of aliphatic hydroxyl groups excluding tert-OH is 1. The Morgan fingerprint density at radius 3 is 1.94 bits per heavy atom. The van der Waals surface area contributed by atoms with Crippen LogP contribution < -0.4 is 33.2 Å². The van der Waals surface area contributed by atoms with Gasteiger partial charge < -0.3 is 43.4 Å². The minimum absolute atomic E-state index is 0.0964. The maximum Gasteiger partial charge on any atom is 0.326 e. The summed E-state index contributed by atoms with van der Waals surface area (Å²) in [6.07, 6.45) is -0.739. The molecule has 0 aromatic heterocycles. The second-order valence-electron chi connectivity index (χ2n) is 7.59. The van der Waals surface area contributed by atoms with Crippen LogP contribution in [-0.2, 0) is 19.2 Å². The summed E-state index contributed by atoms with van der Waals surface area (Å²) in [4.78, 5) is 52.7. The van der Waals surface area contributed by atoms with Crippen LogP contribution in [-0.4, -0.2) is 82.4 Å². The number of guanidine groups is 1. The van der Waals surface area contributed by atoms with E-state index in [9.17, 15) is 29.4 Å². The molecule has 0 saturated carbocycles. The van der Waals surface area contributed by atoms with Gasteiger partial charge in [0.2, 0.25) is 17.7 Å². The summed E-state index contributed by atoms with van der Waals surface area (Å²) >= 11 is 4.04. The van der Waals surface area contributed by atoms with Crippen LogP contribution >= 0.6 is 12.6 Å². The Hall–Kier alpha value is -2.58. The lowest BCUT2D eigenvalue weighted by atomic mass is 10.0. The lowest BCUT2D eigenvalue weighted by Gasteiger charge is -2.25. The summed E-state index contributed by atoms with van der Waals surface area (Å²) in [5.74, 6) is -4.08. The molecule has 0 bridgehead atoms. The molecule has 0 fully saturated rings. The van der Waals surface area contributed by atoms with Crippen LogP contribution in [0.15, 0.2) is 4.99 Å². The maximum absolute atomic E-state index is 12.7. The van der Waals surface area contributed by atoms with Gasteiger partial charge >= 0.3 is 5.97 Å². The van der Waals surface area contributed by atoms with Crippen molar-refractivity contribution in [2.45, 2.75) is 63.9 Å². The second-order valence-corrected chi connectivity index (χ2v) is 7.95. The number of nitrogens with one attached hydrogen (secondary N) is 3. The molecule has 0 aliphatic carbocycles. The van der Waals surface area contributed by atoms with Gasteiger partial charge in [0.1, 0.15) is 24.2 Å². The molecule has 184 valence electrons. The number of amides is 3. The van der Waals surface area contributed by atoms with Crippen molar-refractivity contribution in [3.8, 4) is 0 Å². The molecule has 14 heteroatoms. The summed E-state index contributed by atoms with van der Waals surface area (Å²) in [6.45, 7) is 4.77. The fraction of sp³-hybridized carbons (Fsp3) is 0.722. The molecule has 0 aliphatic rings. The molecule has 32 heavy (non-hydrogen) atoms. The quantitative estimate of drug-likeness (QED) is 0.0531. The van der Waals surface area contributed by atoms with Crippen LogP contribution in [0.1, 0.15) is 33.6 Å². The maximum atomic E-state index is 12.7. The van der Waals surface area contributed by atoms with Gasteiger partial charge in [-0.2, -0.15) is 12.6 Å². The zero-order chi connectivity index (χ0) is 25.0. The molecule has 0 radical (unpaired) electrons. The predicted molar refractivity (Wildman–Crippen MR) is 122 cm³/mol. The third-order valence-corrected chi connectivity index (χ3v) is 4.81. The van der Waals surface area contributed by atoms with Gasteiger partial charge in [-0.25, -0.2) is 4.79 Å². The number of carbonyl (C=O) groups is 4. The first kappa shape index (κ1) is 29.4. The standard InChI is InChI=1S/C18H35N7O6S/c1-8(2)13(17(30)31)25-14(27)10(5-4-6-22-18(20)21)23-15(28)11(7-32)24-16(29)12(19)9(3)26/h8-13,26,32H,4-7,19H2,1-3H3,(H,23,28)(H,24,29)(H,25,27)(H,30,31)(H4,20,21,22). The Balaban J connectivity index is 5.39. The molecule has 0 spiro atoms. The monoisotopic (exact) mass is 477 g/mol. The van der Waals surface area contributed by atoms with E-state index < -0.39 is 59.9 Å². The molecule has 0 aliphatic heterocycles. The van der Waals surface area contributed by atoms with E-state index in [-0.39, 0.29) is 24.7 Å². The number of hydrogen-bond acceptors (Lipinski definition) is 8. The fourth-order valence-electron chi connectivity index (χ4n) is 2.49. The molecular formula is C18H35N7O6S. The van der Waals surface area contributed by atoms with Gasteiger partial charge in [0.15, 0.2) is 5.96 Å². The van der Waals surface area contributed by atoms with Gasteiger partial charge in [0.25, 0.3) is 0 Å². The zero-order valence-corrected chi connectivity index (χ0v) is 19.3. The number of aliphatic carboxylic acids is 1. The van der Waals surface area contributed by atoms with Crippen molar-refractivity contribution in [2.75, 3.05) is 12.3 Å². The largest absolute Gasteiger partial charge is 0.480 e. The number of carboxylic acids is 1. The van der Waals surface area contributed by atoms with E-state index in [0.29, 0.717) is 6.42 Å². The van der Waals surface area contributed by atoms with Crippen LogP contribution in [0.5, 0.6) is 0 Å². The number of thiol groups is 1. The number of carbonyl (C=O) groups excluding carboxylic acids is 3. The summed E-state index contributed by atoms with van der Waals surface area (Å²) in [6, 6.07) is -4.69. The van der Waals surface area contributed by atoms with E-state index in [4.69, 9.17) is 17.2 Å².